The van der Waals surface area contributed by atoms with Crippen molar-refractivity contribution in [1.82, 2.24) is 5.32 Å². The van der Waals surface area contributed by atoms with Crippen molar-refractivity contribution in [2.45, 2.75) is 58.4 Å². The fraction of sp³-hybridized carbons (Fsp3) is 0.857. The number of amides is 1. The molecule has 0 aromatic carbocycles. The number of carbonyl (C=O) groups excluding carboxylic acids is 1. The van der Waals surface area contributed by atoms with Crippen molar-refractivity contribution in [3.63, 3.8) is 0 Å². The van der Waals surface area contributed by atoms with Gasteiger partial charge in [-0.15, -0.1) is 0 Å². The van der Waals surface area contributed by atoms with Crippen LogP contribution in [0.15, 0.2) is 0 Å². The first-order valence-electron chi connectivity index (χ1n) is 7.06. The molecule has 0 aromatic rings. The van der Waals surface area contributed by atoms with E-state index in [0.717, 1.165) is 32.1 Å². The highest BCUT2D eigenvalue weighted by Crippen LogP contribution is 2.43. The van der Waals surface area contributed by atoms with E-state index in [1.165, 1.54) is 0 Å². The Morgan fingerprint density at radius 2 is 1.84 bits per heavy atom. The van der Waals surface area contributed by atoms with E-state index in [4.69, 9.17) is 10.2 Å². The van der Waals surface area contributed by atoms with Gasteiger partial charge in [0, 0.05) is 18.4 Å². The summed E-state index contributed by atoms with van der Waals surface area (Å²) in [5, 5.41) is 20.5. The molecule has 5 heteroatoms. The zero-order valence-electron chi connectivity index (χ0n) is 11.8. The van der Waals surface area contributed by atoms with Gasteiger partial charge in [-0.1, -0.05) is 26.7 Å². The zero-order valence-corrected chi connectivity index (χ0v) is 11.8. The molecule has 1 rings (SSSR count). The summed E-state index contributed by atoms with van der Waals surface area (Å²) in [5.74, 6) is -0.829. The summed E-state index contributed by atoms with van der Waals surface area (Å²) in [4.78, 5) is 23.5. The van der Waals surface area contributed by atoms with Crippen LogP contribution in [0, 0.1) is 11.3 Å². The molecule has 1 saturated carbocycles. The van der Waals surface area contributed by atoms with Crippen LogP contribution in [0.25, 0.3) is 0 Å². The maximum absolute atomic E-state index is 12.4. The van der Waals surface area contributed by atoms with E-state index >= 15 is 0 Å². The highest BCUT2D eigenvalue weighted by atomic mass is 16.4. The molecule has 1 atom stereocenters. The molecule has 0 radical (unpaired) electrons. The third-order valence-electron chi connectivity index (χ3n) is 3.86. The fourth-order valence-electron chi connectivity index (χ4n) is 3.05. The Hall–Kier alpha value is -1.10. The smallest absolute Gasteiger partial charge is 0.326 e. The van der Waals surface area contributed by atoms with Gasteiger partial charge in [0.25, 0.3) is 0 Å². The van der Waals surface area contributed by atoms with E-state index in [9.17, 15) is 9.59 Å². The summed E-state index contributed by atoms with van der Waals surface area (Å²) in [7, 11) is 0. The van der Waals surface area contributed by atoms with E-state index in [1.807, 2.05) is 0 Å². The Kier molecular flexibility index (Phi) is 5.79. The Labute approximate surface area is 114 Å². The molecule has 3 N–H and O–H groups in total. The molecule has 110 valence electrons. The molecule has 0 spiro atoms. The van der Waals surface area contributed by atoms with Crippen molar-refractivity contribution in [1.29, 1.82) is 0 Å². The SMILES string of the molecule is CC(C)CC1(C(=O)N[C@@H](CCO)C(=O)O)CCCC1. The van der Waals surface area contributed by atoms with Crippen molar-refractivity contribution >= 4 is 11.9 Å². The standard InChI is InChI=1S/C14H25NO4/c1-10(2)9-14(6-3-4-7-14)13(19)15-11(5-8-16)12(17)18/h10-11,16H,3-9H2,1-2H3,(H,15,19)(H,17,18)/t11-/m0/s1. The van der Waals surface area contributed by atoms with Crippen LogP contribution in [0.2, 0.25) is 0 Å². The molecule has 0 saturated heterocycles. The molecule has 0 heterocycles. The number of carbonyl (C=O) groups is 2. The van der Waals surface area contributed by atoms with E-state index in [0.29, 0.717) is 5.92 Å². The number of hydrogen-bond acceptors (Lipinski definition) is 3. The second-order valence-electron chi connectivity index (χ2n) is 5.96. The molecule has 0 unspecified atom stereocenters. The molecule has 1 fully saturated rings. The van der Waals surface area contributed by atoms with Gasteiger partial charge in [0.05, 0.1) is 0 Å². The van der Waals surface area contributed by atoms with Gasteiger partial charge in [-0.2, -0.15) is 0 Å². The summed E-state index contributed by atoms with van der Waals surface area (Å²) >= 11 is 0. The molecule has 5 nitrogen and oxygen atoms in total. The van der Waals surface area contributed by atoms with Crippen LogP contribution >= 0.6 is 0 Å². The fourth-order valence-corrected chi connectivity index (χ4v) is 3.05. The number of carboxylic acid groups (broad SMARTS) is 1. The number of rotatable bonds is 7. The quantitative estimate of drug-likeness (QED) is 0.655. The first kappa shape index (κ1) is 16.0. The highest BCUT2D eigenvalue weighted by molar-refractivity contribution is 5.87. The van der Waals surface area contributed by atoms with Gasteiger partial charge in [0.1, 0.15) is 6.04 Å². The Morgan fingerprint density at radius 3 is 2.26 bits per heavy atom. The first-order chi connectivity index (χ1) is 8.91. The molecule has 0 aromatic heterocycles. The number of aliphatic hydroxyl groups is 1. The highest BCUT2D eigenvalue weighted by Gasteiger charge is 2.42. The molecule has 0 bridgehead atoms. The minimum Gasteiger partial charge on any atom is -0.480 e. The van der Waals surface area contributed by atoms with Crippen LogP contribution < -0.4 is 5.32 Å². The van der Waals surface area contributed by atoms with E-state index in [1.54, 1.807) is 0 Å². The van der Waals surface area contributed by atoms with Crippen LogP contribution in [0.1, 0.15) is 52.4 Å². The van der Waals surface area contributed by atoms with Gasteiger partial charge < -0.3 is 15.5 Å². The zero-order chi connectivity index (χ0) is 14.5. The molecule has 19 heavy (non-hydrogen) atoms. The Morgan fingerprint density at radius 1 is 1.26 bits per heavy atom. The number of aliphatic carboxylic acids is 1. The lowest BCUT2D eigenvalue weighted by molar-refractivity contribution is -0.144. The van der Waals surface area contributed by atoms with Crippen LogP contribution in [0.3, 0.4) is 0 Å². The third kappa shape index (κ3) is 4.20. The van der Waals surface area contributed by atoms with Gasteiger partial charge in [0.15, 0.2) is 0 Å². The summed E-state index contributed by atoms with van der Waals surface area (Å²) in [6.45, 7) is 3.92. The van der Waals surface area contributed by atoms with Gasteiger partial charge in [-0.05, 0) is 25.2 Å². The van der Waals surface area contributed by atoms with Crippen LogP contribution in [-0.2, 0) is 9.59 Å². The molecule has 1 aliphatic carbocycles. The number of carboxylic acids is 1. The van der Waals surface area contributed by atoms with E-state index in [2.05, 4.69) is 19.2 Å². The Bertz CT molecular complexity index is 321. The van der Waals surface area contributed by atoms with Crippen molar-refractivity contribution in [3.8, 4) is 0 Å². The summed E-state index contributed by atoms with van der Waals surface area (Å²) in [5.41, 5.74) is -0.405. The van der Waals surface area contributed by atoms with Crippen molar-refractivity contribution in [3.05, 3.63) is 0 Å². The van der Waals surface area contributed by atoms with Crippen LogP contribution in [0.5, 0.6) is 0 Å². The molecule has 1 aliphatic rings. The number of aliphatic hydroxyl groups excluding tert-OH is 1. The number of nitrogens with one attached hydrogen (secondary N) is 1. The lowest BCUT2D eigenvalue weighted by Gasteiger charge is -2.30. The predicted octanol–water partition coefficient (Wildman–Crippen LogP) is 1.54. The van der Waals surface area contributed by atoms with Crippen molar-refractivity contribution < 1.29 is 19.8 Å². The monoisotopic (exact) mass is 271 g/mol. The van der Waals surface area contributed by atoms with Crippen molar-refractivity contribution in [2.75, 3.05) is 6.61 Å². The minimum absolute atomic E-state index is 0.0544. The third-order valence-corrected chi connectivity index (χ3v) is 3.86. The van der Waals surface area contributed by atoms with E-state index in [-0.39, 0.29) is 18.9 Å². The lowest BCUT2D eigenvalue weighted by atomic mass is 9.77. The first-order valence-corrected chi connectivity index (χ1v) is 7.06. The van der Waals surface area contributed by atoms with Gasteiger partial charge in [0.2, 0.25) is 5.91 Å². The summed E-state index contributed by atoms with van der Waals surface area (Å²) < 4.78 is 0. The second-order valence-corrected chi connectivity index (χ2v) is 5.96. The molecule has 1 amide bonds. The second kappa shape index (κ2) is 6.89. The van der Waals surface area contributed by atoms with Gasteiger partial charge in [-0.25, -0.2) is 4.79 Å². The summed E-state index contributed by atoms with van der Waals surface area (Å²) in [6.07, 6.45) is 4.57. The maximum atomic E-state index is 12.4. The maximum Gasteiger partial charge on any atom is 0.326 e. The molecular formula is C14H25NO4. The molecule has 0 aliphatic heterocycles. The lowest BCUT2D eigenvalue weighted by Crippen LogP contribution is -2.48. The van der Waals surface area contributed by atoms with Gasteiger partial charge >= 0.3 is 5.97 Å². The van der Waals surface area contributed by atoms with E-state index < -0.39 is 17.4 Å². The van der Waals surface area contributed by atoms with Crippen LogP contribution in [0.4, 0.5) is 0 Å². The van der Waals surface area contributed by atoms with Gasteiger partial charge in [-0.3, -0.25) is 4.79 Å². The molecular weight excluding hydrogens is 246 g/mol. The largest absolute Gasteiger partial charge is 0.480 e. The van der Waals surface area contributed by atoms with Crippen molar-refractivity contribution in [2.24, 2.45) is 11.3 Å². The topological polar surface area (TPSA) is 86.6 Å². The average molecular weight is 271 g/mol. The average Bonchev–Trinajstić information content (AvgIpc) is 2.77. The summed E-state index contributed by atoms with van der Waals surface area (Å²) in [6, 6.07) is -0.984. The minimum atomic E-state index is -1.08. The number of hydrogen-bond donors (Lipinski definition) is 3. The Balaban J connectivity index is 2.74. The van der Waals surface area contributed by atoms with Crippen LogP contribution in [-0.4, -0.2) is 34.7 Å². The predicted molar refractivity (Wildman–Crippen MR) is 71.6 cm³/mol. The normalized spacial score (nSPS) is 19.4.